The number of aromatic amines is 1. The molecule has 1 aromatic carbocycles. The molecule has 3 heterocycles. The van der Waals surface area contributed by atoms with Crippen molar-refractivity contribution in [2.24, 2.45) is 5.73 Å². The van der Waals surface area contributed by atoms with Crippen molar-refractivity contribution < 1.29 is 4.52 Å². The third-order valence-electron chi connectivity index (χ3n) is 3.98. The van der Waals surface area contributed by atoms with Gasteiger partial charge in [0.05, 0.1) is 6.04 Å². The fraction of sp³-hybridized carbons (Fsp3) is 0.176. The maximum atomic E-state index is 6.26. The third kappa shape index (κ3) is 2.55. The Balaban J connectivity index is 1.59. The highest BCUT2D eigenvalue weighted by Gasteiger charge is 2.19. The van der Waals surface area contributed by atoms with Crippen LogP contribution in [-0.4, -0.2) is 25.1 Å². The van der Waals surface area contributed by atoms with Crippen molar-refractivity contribution in [3.05, 3.63) is 60.0 Å². The van der Waals surface area contributed by atoms with Gasteiger partial charge in [-0.1, -0.05) is 23.4 Å². The number of hydrogen-bond donors (Lipinski definition) is 2. The van der Waals surface area contributed by atoms with E-state index in [0.29, 0.717) is 23.8 Å². The van der Waals surface area contributed by atoms with Crippen molar-refractivity contribution in [1.29, 1.82) is 0 Å². The Morgan fingerprint density at radius 2 is 2.17 bits per heavy atom. The lowest BCUT2D eigenvalue weighted by atomic mass is 10.1. The number of fused-ring (bicyclic) bond motifs is 1. The van der Waals surface area contributed by atoms with E-state index in [-0.39, 0.29) is 6.04 Å². The van der Waals surface area contributed by atoms with Crippen LogP contribution >= 0.6 is 0 Å². The Kier molecular flexibility index (Phi) is 3.55. The summed E-state index contributed by atoms with van der Waals surface area (Å²) in [6.45, 7) is 1.90. The van der Waals surface area contributed by atoms with Crippen molar-refractivity contribution >= 4 is 10.9 Å². The summed E-state index contributed by atoms with van der Waals surface area (Å²) in [5.41, 5.74) is 10.0. The summed E-state index contributed by atoms with van der Waals surface area (Å²) in [6.07, 6.45) is 5.75. The molecule has 1 atom stereocenters. The van der Waals surface area contributed by atoms with E-state index in [9.17, 15) is 0 Å². The third-order valence-corrected chi connectivity index (χ3v) is 3.98. The van der Waals surface area contributed by atoms with Crippen molar-refractivity contribution in [3.63, 3.8) is 0 Å². The molecule has 0 aliphatic carbocycles. The Labute approximate surface area is 137 Å². The minimum absolute atomic E-state index is 0.382. The van der Waals surface area contributed by atoms with Gasteiger partial charge >= 0.3 is 0 Å². The number of aryl methyl sites for hydroxylation is 1. The highest BCUT2D eigenvalue weighted by molar-refractivity contribution is 5.83. The van der Waals surface area contributed by atoms with Gasteiger partial charge in [0.25, 0.3) is 0 Å². The number of aromatic nitrogens is 5. The summed E-state index contributed by atoms with van der Waals surface area (Å²) in [5, 5.41) is 5.15. The van der Waals surface area contributed by atoms with Crippen LogP contribution in [-0.2, 0) is 6.42 Å². The number of H-pyrrole nitrogens is 1. The fourth-order valence-electron chi connectivity index (χ4n) is 2.74. The Morgan fingerprint density at radius 3 is 3.04 bits per heavy atom. The first kappa shape index (κ1) is 14.5. The van der Waals surface area contributed by atoms with E-state index in [2.05, 4.69) is 31.2 Å². The monoisotopic (exact) mass is 320 g/mol. The van der Waals surface area contributed by atoms with E-state index < -0.39 is 0 Å². The molecule has 120 valence electrons. The Hall–Kier alpha value is -3.06. The van der Waals surface area contributed by atoms with Crippen LogP contribution in [0.1, 0.15) is 23.1 Å². The lowest BCUT2D eigenvalue weighted by Gasteiger charge is -2.05. The van der Waals surface area contributed by atoms with Gasteiger partial charge in [0, 0.05) is 23.3 Å². The molecule has 0 saturated carbocycles. The van der Waals surface area contributed by atoms with Gasteiger partial charge in [-0.15, -0.1) is 0 Å². The summed E-state index contributed by atoms with van der Waals surface area (Å²) in [4.78, 5) is 15.8. The first-order chi connectivity index (χ1) is 11.7. The van der Waals surface area contributed by atoms with Crippen LogP contribution < -0.4 is 5.73 Å². The van der Waals surface area contributed by atoms with Gasteiger partial charge < -0.3 is 15.2 Å². The normalized spacial score (nSPS) is 12.6. The number of hydrogen-bond acceptors (Lipinski definition) is 6. The van der Waals surface area contributed by atoms with E-state index in [1.165, 1.54) is 6.33 Å². The number of nitrogens with two attached hydrogens (primary N) is 1. The van der Waals surface area contributed by atoms with E-state index in [1.807, 2.05) is 31.3 Å². The summed E-state index contributed by atoms with van der Waals surface area (Å²) in [5.74, 6) is 0.826. The van der Waals surface area contributed by atoms with E-state index in [4.69, 9.17) is 10.3 Å². The molecule has 0 radical (unpaired) electrons. The van der Waals surface area contributed by atoms with Crippen LogP contribution in [0.4, 0.5) is 0 Å². The van der Waals surface area contributed by atoms with Crippen molar-refractivity contribution in [2.45, 2.75) is 19.4 Å². The second-order valence-corrected chi connectivity index (χ2v) is 5.68. The van der Waals surface area contributed by atoms with Crippen LogP contribution in [0.25, 0.3) is 22.4 Å². The molecular weight excluding hydrogens is 304 g/mol. The molecular formula is C17H16N6O. The first-order valence-corrected chi connectivity index (χ1v) is 7.63. The van der Waals surface area contributed by atoms with Crippen molar-refractivity contribution in [1.82, 2.24) is 25.1 Å². The van der Waals surface area contributed by atoms with Gasteiger partial charge in [-0.05, 0) is 30.5 Å². The lowest BCUT2D eigenvalue weighted by molar-refractivity contribution is 0.354. The smallest absolute Gasteiger partial charge is 0.244 e. The minimum atomic E-state index is -0.382. The minimum Gasteiger partial charge on any atom is -0.361 e. The highest BCUT2D eigenvalue weighted by Crippen LogP contribution is 2.24. The topological polar surface area (TPSA) is 107 Å². The molecule has 0 amide bonds. The van der Waals surface area contributed by atoms with Gasteiger partial charge in [0.2, 0.25) is 11.7 Å². The molecule has 7 nitrogen and oxygen atoms in total. The van der Waals surface area contributed by atoms with Crippen LogP contribution in [0.3, 0.4) is 0 Å². The Morgan fingerprint density at radius 1 is 1.29 bits per heavy atom. The molecule has 4 aromatic rings. The number of para-hydroxylation sites is 1. The molecule has 3 N–H and O–H groups in total. The SMILES string of the molecule is Cc1cncnc1-c1noc([C@H](N)Cc2c[nH]c3ccccc23)n1. The van der Waals surface area contributed by atoms with Crippen LogP contribution in [0, 0.1) is 6.92 Å². The molecule has 3 aromatic heterocycles. The predicted molar refractivity (Wildman–Crippen MR) is 89.0 cm³/mol. The van der Waals surface area contributed by atoms with E-state index in [0.717, 1.165) is 22.0 Å². The number of rotatable bonds is 4. The van der Waals surface area contributed by atoms with Crippen LogP contribution in [0.2, 0.25) is 0 Å². The summed E-state index contributed by atoms with van der Waals surface area (Å²) in [7, 11) is 0. The van der Waals surface area contributed by atoms with E-state index in [1.54, 1.807) is 6.20 Å². The maximum absolute atomic E-state index is 6.26. The molecule has 0 bridgehead atoms. The number of nitrogens with zero attached hydrogens (tertiary/aromatic N) is 4. The molecule has 24 heavy (non-hydrogen) atoms. The zero-order chi connectivity index (χ0) is 16.5. The first-order valence-electron chi connectivity index (χ1n) is 7.63. The quantitative estimate of drug-likeness (QED) is 0.598. The molecule has 0 spiro atoms. The van der Waals surface area contributed by atoms with Crippen LogP contribution in [0.5, 0.6) is 0 Å². The van der Waals surface area contributed by atoms with Gasteiger partial charge in [0.1, 0.15) is 12.0 Å². The van der Waals surface area contributed by atoms with Crippen LogP contribution in [0.15, 0.2) is 47.5 Å². The van der Waals surface area contributed by atoms with Gasteiger partial charge in [0.15, 0.2) is 0 Å². The molecule has 0 saturated heterocycles. The molecule has 0 unspecified atom stereocenters. The second kappa shape index (κ2) is 5.86. The summed E-state index contributed by atoms with van der Waals surface area (Å²) < 4.78 is 5.34. The number of benzene rings is 1. The zero-order valence-electron chi connectivity index (χ0n) is 13.1. The van der Waals surface area contributed by atoms with Crippen molar-refractivity contribution in [3.8, 4) is 11.5 Å². The average molecular weight is 320 g/mol. The second-order valence-electron chi connectivity index (χ2n) is 5.68. The predicted octanol–water partition coefficient (Wildman–Crippen LogP) is 2.56. The molecule has 7 heteroatoms. The Bertz CT molecular complexity index is 989. The summed E-state index contributed by atoms with van der Waals surface area (Å²) in [6, 6.07) is 7.72. The van der Waals surface area contributed by atoms with Gasteiger partial charge in [-0.3, -0.25) is 0 Å². The standard InChI is InChI=1S/C17H16N6O/c1-10-7-19-9-21-15(10)16-22-17(24-23-16)13(18)6-11-8-20-14-5-3-2-4-12(11)14/h2-5,7-9,13,20H,6,18H2,1H3/t13-/m1/s1. The molecule has 0 aliphatic heterocycles. The van der Waals surface area contributed by atoms with Crippen molar-refractivity contribution in [2.75, 3.05) is 0 Å². The summed E-state index contributed by atoms with van der Waals surface area (Å²) >= 11 is 0. The highest BCUT2D eigenvalue weighted by atomic mass is 16.5. The van der Waals surface area contributed by atoms with Gasteiger partial charge in [-0.25, -0.2) is 9.97 Å². The van der Waals surface area contributed by atoms with Gasteiger partial charge in [-0.2, -0.15) is 4.98 Å². The largest absolute Gasteiger partial charge is 0.361 e. The average Bonchev–Trinajstić information content (AvgIpc) is 3.23. The number of nitrogens with one attached hydrogen (secondary N) is 1. The fourth-order valence-corrected chi connectivity index (χ4v) is 2.74. The zero-order valence-corrected chi connectivity index (χ0v) is 13.1. The lowest BCUT2D eigenvalue weighted by Crippen LogP contribution is -2.13. The maximum Gasteiger partial charge on any atom is 0.244 e. The molecule has 0 aliphatic rings. The van der Waals surface area contributed by atoms with E-state index >= 15 is 0 Å². The molecule has 4 rings (SSSR count). The molecule has 0 fully saturated rings.